The third-order valence-corrected chi connectivity index (χ3v) is 4.26. The lowest BCUT2D eigenvalue weighted by atomic mass is 10.1. The lowest BCUT2D eigenvalue weighted by Crippen LogP contribution is -2.11. The van der Waals surface area contributed by atoms with Crippen molar-refractivity contribution in [3.63, 3.8) is 0 Å². The van der Waals surface area contributed by atoms with Crippen molar-refractivity contribution in [3.8, 4) is 0 Å². The molecule has 0 bridgehead atoms. The van der Waals surface area contributed by atoms with Crippen molar-refractivity contribution in [2.24, 2.45) is 0 Å². The maximum atomic E-state index is 12.0. The van der Waals surface area contributed by atoms with Gasteiger partial charge in [-0.05, 0) is 27.6 Å². The van der Waals surface area contributed by atoms with Crippen LogP contribution in [0, 0.1) is 0 Å². The van der Waals surface area contributed by atoms with E-state index in [2.05, 4.69) is 43.3 Å². The van der Waals surface area contributed by atoms with E-state index in [1.54, 1.807) is 18.5 Å². The van der Waals surface area contributed by atoms with Gasteiger partial charge in [-0.1, -0.05) is 30.3 Å². The predicted octanol–water partition coefficient (Wildman–Crippen LogP) is 4.08. The van der Waals surface area contributed by atoms with Crippen molar-refractivity contribution in [1.82, 2.24) is 9.97 Å². The number of nitrogens with one attached hydrogen (secondary N) is 2. The number of aromatic nitrogens is 2. The molecule has 0 saturated heterocycles. The molecule has 0 atom stereocenters. The lowest BCUT2D eigenvalue weighted by molar-refractivity contribution is 0.102. The zero-order chi connectivity index (χ0) is 14.7. The molecule has 0 saturated carbocycles. The van der Waals surface area contributed by atoms with Crippen LogP contribution in [0.4, 0.5) is 5.13 Å². The first-order valence-electron chi connectivity index (χ1n) is 6.34. The molecule has 0 aliphatic heterocycles. The molecule has 2 N–H and O–H groups in total. The minimum absolute atomic E-state index is 0.193. The third-order valence-electron chi connectivity index (χ3n) is 2.89. The molecule has 2 heterocycles. The van der Waals surface area contributed by atoms with Gasteiger partial charge in [0.05, 0.1) is 0 Å². The number of carbonyl (C=O) groups excluding carboxylic acids is 1. The van der Waals surface area contributed by atoms with Crippen molar-refractivity contribution in [2.45, 2.75) is 6.42 Å². The normalized spacial score (nSPS) is 10.5. The first-order valence-corrected chi connectivity index (χ1v) is 7.95. The lowest BCUT2D eigenvalue weighted by Gasteiger charge is -1.98. The number of rotatable bonds is 4. The molecule has 3 rings (SSSR count). The van der Waals surface area contributed by atoms with Crippen LogP contribution in [0.25, 0.3) is 0 Å². The Morgan fingerprint density at radius 3 is 2.86 bits per heavy atom. The molecule has 0 radical (unpaired) electrons. The van der Waals surface area contributed by atoms with Gasteiger partial charge in [0.2, 0.25) is 0 Å². The van der Waals surface area contributed by atoms with Gasteiger partial charge in [0.1, 0.15) is 5.69 Å². The molecule has 0 aliphatic carbocycles. The van der Waals surface area contributed by atoms with Gasteiger partial charge >= 0.3 is 0 Å². The number of benzene rings is 1. The molecule has 0 fully saturated rings. The highest BCUT2D eigenvalue weighted by atomic mass is 79.9. The molecule has 4 nitrogen and oxygen atoms in total. The van der Waals surface area contributed by atoms with Gasteiger partial charge in [0.25, 0.3) is 5.91 Å². The molecule has 0 unspecified atom stereocenters. The smallest absolute Gasteiger partial charge is 0.273 e. The summed E-state index contributed by atoms with van der Waals surface area (Å²) in [6, 6.07) is 11.9. The van der Waals surface area contributed by atoms with Crippen LogP contribution in [0.15, 0.2) is 53.3 Å². The molecule has 2 aromatic heterocycles. The predicted molar refractivity (Wildman–Crippen MR) is 87.8 cm³/mol. The van der Waals surface area contributed by atoms with Gasteiger partial charge in [-0.15, -0.1) is 11.3 Å². The van der Waals surface area contributed by atoms with Gasteiger partial charge < -0.3 is 4.98 Å². The number of hydrogen-bond acceptors (Lipinski definition) is 3. The average Bonchev–Trinajstić information content (AvgIpc) is 3.09. The fourth-order valence-corrected chi connectivity index (χ4v) is 3.09. The summed E-state index contributed by atoms with van der Waals surface area (Å²) in [6.45, 7) is 0. The summed E-state index contributed by atoms with van der Waals surface area (Å²) in [5.74, 6) is -0.193. The van der Waals surface area contributed by atoms with Crippen LogP contribution in [0.5, 0.6) is 0 Å². The molecule has 1 amide bonds. The molecule has 21 heavy (non-hydrogen) atoms. The fraction of sp³-hybridized carbons (Fsp3) is 0.0667. The second-order valence-electron chi connectivity index (χ2n) is 4.48. The monoisotopic (exact) mass is 361 g/mol. The molecule has 3 aromatic rings. The van der Waals surface area contributed by atoms with E-state index in [0.29, 0.717) is 10.8 Å². The quantitative estimate of drug-likeness (QED) is 0.735. The largest absolute Gasteiger partial charge is 0.356 e. The summed E-state index contributed by atoms with van der Waals surface area (Å²) in [7, 11) is 0. The second-order valence-corrected chi connectivity index (χ2v) is 6.51. The van der Waals surface area contributed by atoms with Gasteiger partial charge in [0, 0.05) is 28.2 Å². The van der Waals surface area contributed by atoms with Crippen LogP contribution in [0.1, 0.15) is 20.9 Å². The molecule has 6 heteroatoms. The highest BCUT2D eigenvalue weighted by molar-refractivity contribution is 9.10. The molecule has 1 aromatic carbocycles. The number of carbonyl (C=O) groups is 1. The molecule has 106 valence electrons. The Bertz CT molecular complexity index is 751. The van der Waals surface area contributed by atoms with Gasteiger partial charge in [0.15, 0.2) is 5.13 Å². The first-order chi connectivity index (χ1) is 10.2. The summed E-state index contributed by atoms with van der Waals surface area (Å²) in [5, 5.41) is 3.40. The van der Waals surface area contributed by atoms with Gasteiger partial charge in [-0.3, -0.25) is 10.1 Å². The highest BCUT2D eigenvalue weighted by Crippen LogP contribution is 2.22. The van der Waals surface area contributed by atoms with E-state index in [9.17, 15) is 4.79 Å². The Kier molecular flexibility index (Phi) is 4.17. The summed E-state index contributed by atoms with van der Waals surface area (Å²) >= 11 is 4.79. The Labute approximate surface area is 134 Å². The van der Waals surface area contributed by atoms with Crippen molar-refractivity contribution >= 4 is 38.3 Å². The molecule has 0 spiro atoms. The van der Waals surface area contributed by atoms with E-state index < -0.39 is 0 Å². The summed E-state index contributed by atoms with van der Waals surface area (Å²) in [4.78, 5) is 20.2. The highest BCUT2D eigenvalue weighted by Gasteiger charge is 2.11. The Morgan fingerprint density at radius 1 is 1.33 bits per heavy atom. The van der Waals surface area contributed by atoms with E-state index in [1.165, 1.54) is 16.9 Å². The van der Waals surface area contributed by atoms with Crippen molar-refractivity contribution in [2.75, 3.05) is 5.32 Å². The minimum atomic E-state index is -0.193. The van der Waals surface area contributed by atoms with Crippen LogP contribution >= 0.6 is 27.3 Å². The van der Waals surface area contributed by atoms with Crippen molar-refractivity contribution < 1.29 is 4.79 Å². The Morgan fingerprint density at radius 2 is 2.14 bits per heavy atom. The summed E-state index contributed by atoms with van der Waals surface area (Å²) < 4.78 is 0.844. The van der Waals surface area contributed by atoms with Crippen LogP contribution < -0.4 is 5.32 Å². The summed E-state index contributed by atoms with van der Waals surface area (Å²) in [5.41, 5.74) is 1.73. The number of thiazole rings is 1. The number of anilines is 1. The minimum Gasteiger partial charge on any atom is -0.356 e. The molecule has 0 aliphatic rings. The number of nitrogens with zero attached hydrogens (tertiary/aromatic N) is 1. The van der Waals surface area contributed by atoms with E-state index in [1.807, 2.05) is 18.2 Å². The standard InChI is InChI=1S/C15H12BrN3OS/c16-11-7-13(17-8-11)14(20)19-15-18-9-12(21-15)6-10-4-2-1-3-5-10/h1-5,7-9,17H,6H2,(H,18,19,20). The van der Waals surface area contributed by atoms with E-state index in [-0.39, 0.29) is 5.91 Å². The van der Waals surface area contributed by atoms with Crippen LogP contribution in [0.2, 0.25) is 0 Å². The van der Waals surface area contributed by atoms with Crippen molar-refractivity contribution in [3.05, 3.63) is 69.4 Å². The van der Waals surface area contributed by atoms with Crippen molar-refractivity contribution in [1.29, 1.82) is 0 Å². The number of amides is 1. The number of aromatic amines is 1. The number of H-pyrrole nitrogens is 1. The SMILES string of the molecule is O=C(Nc1ncc(Cc2ccccc2)s1)c1cc(Br)c[nH]1. The van der Waals surface area contributed by atoms with Crippen LogP contribution in [-0.2, 0) is 6.42 Å². The maximum Gasteiger partial charge on any atom is 0.273 e. The first kappa shape index (κ1) is 14.0. The number of hydrogen-bond donors (Lipinski definition) is 2. The summed E-state index contributed by atoms with van der Waals surface area (Å²) in [6.07, 6.45) is 4.35. The van der Waals surface area contributed by atoms with Gasteiger partial charge in [-0.2, -0.15) is 0 Å². The van der Waals surface area contributed by atoms with E-state index in [4.69, 9.17) is 0 Å². The number of halogens is 1. The van der Waals surface area contributed by atoms with E-state index in [0.717, 1.165) is 15.8 Å². The van der Waals surface area contributed by atoms with Crippen LogP contribution in [0.3, 0.4) is 0 Å². The maximum absolute atomic E-state index is 12.0. The topological polar surface area (TPSA) is 57.8 Å². The van der Waals surface area contributed by atoms with Crippen LogP contribution in [-0.4, -0.2) is 15.9 Å². The molecular weight excluding hydrogens is 350 g/mol. The zero-order valence-electron chi connectivity index (χ0n) is 11.0. The van der Waals surface area contributed by atoms with Gasteiger partial charge in [-0.25, -0.2) is 4.98 Å². The van der Waals surface area contributed by atoms with E-state index >= 15 is 0 Å². The second kappa shape index (κ2) is 6.24. The Balaban J connectivity index is 1.66. The zero-order valence-corrected chi connectivity index (χ0v) is 13.4. The fourth-order valence-electron chi connectivity index (χ4n) is 1.91. The average molecular weight is 362 g/mol. The molecular formula is C15H12BrN3OS. The Hall–Kier alpha value is -1.92. The third kappa shape index (κ3) is 3.59.